The summed E-state index contributed by atoms with van der Waals surface area (Å²) in [5.41, 5.74) is 0.0479. The van der Waals surface area contributed by atoms with Gasteiger partial charge in [-0.25, -0.2) is 9.86 Å². The summed E-state index contributed by atoms with van der Waals surface area (Å²) in [6.07, 6.45) is 0. The Labute approximate surface area is 103 Å². The highest BCUT2D eigenvalue weighted by Crippen LogP contribution is 2.29. The fourth-order valence-electron chi connectivity index (χ4n) is 1.20. The van der Waals surface area contributed by atoms with Gasteiger partial charge in [0, 0.05) is 18.8 Å². The van der Waals surface area contributed by atoms with Crippen LogP contribution in [0.15, 0.2) is 18.2 Å². The Morgan fingerprint density at radius 2 is 2.11 bits per heavy atom. The SMILES string of the molecule is COc1ccc(NC(=O)N(C)OC)cc1[N+](=O)[O-]. The Hall–Kier alpha value is -2.35. The number of nitrogens with one attached hydrogen (secondary N) is 1. The first-order valence-corrected chi connectivity index (χ1v) is 4.90. The number of hydrogen-bond donors (Lipinski definition) is 1. The van der Waals surface area contributed by atoms with Crippen LogP contribution in [-0.2, 0) is 4.84 Å². The molecule has 0 fully saturated rings. The number of carbonyl (C=O) groups excluding carboxylic acids is 1. The van der Waals surface area contributed by atoms with Gasteiger partial charge in [0.05, 0.1) is 19.1 Å². The van der Waals surface area contributed by atoms with Gasteiger partial charge in [-0.3, -0.25) is 15.0 Å². The Bertz CT molecular complexity index is 463. The summed E-state index contributed by atoms with van der Waals surface area (Å²) in [6, 6.07) is 3.56. The van der Waals surface area contributed by atoms with Gasteiger partial charge in [0.25, 0.3) is 0 Å². The van der Waals surface area contributed by atoms with Crippen molar-refractivity contribution in [2.24, 2.45) is 0 Å². The highest BCUT2D eigenvalue weighted by Gasteiger charge is 2.16. The van der Waals surface area contributed by atoms with Crippen molar-refractivity contribution in [3.8, 4) is 5.75 Å². The molecule has 1 N–H and O–H groups in total. The van der Waals surface area contributed by atoms with Crippen molar-refractivity contribution < 1.29 is 19.3 Å². The number of nitro benzene ring substituents is 1. The lowest BCUT2D eigenvalue weighted by Gasteiger charge is -2.14. The molecule has 8 nitrogen and oxygen atoms in total. The van der Waals surface area contributed by atoms with Crippen LogP contribution in [0.4, 0.5) is 16.2 Å². The molecule has 0 aliphatic heterocycles. The lowest BCUT2D eigenvalue weighted by Crippen LogP contribution is -2.30. The molecule has 1 aromatic carbocycles. The first kappa shape index (κ1) is 13.7. The molecule has 1 rings (SSSR count). The molecule has 0 heterocycles. The second-order valence-corrected chi connectivity index (χ2v) is 3.25. The van der Waals surface area contributed by atoms with Crippen molar-refractivity contribution in [3.63, 3.8) is 0 Å². The minimum Gasteiger partial charge on any atom is -0.490 e. The minimum atomic E-state index is -0.589. The van der Waals surface area contributed by atoms with Gasteiger partial charge >= 0.3 is 11.7 Å². The Kier molecular flexibility index (Phi) is 4.44. The molecule has 1 aromatic rings. The van der Waals surface area contributed by atoms with Crippen molar-refractivity contribution in [3.05, 3.63) is 28.3 Å². The average Bonchev–Trinajstić information content (AvgIpc) is 2.37. The Balaban J connectivity index is 2.95. The summed E-state index contributed by atoms with van der Waals surface area (Å²) >= 11 is 0. The van der Waals surface area contributed by atoms with Gasteiger partial charge in [-0.1, -0.05) is 0 Å². The van der Waals surface area contributed by atoms with E-state index in [0.29, 0.717) is 0 Å². The van der Waals surface area contributed by atoms with Crippen LogP contribution in [0.5, 0.6) is 5.75 Å². The van der Waals surface area contributed by atoms with Gasteiger partial charge in [0.2, 0.25) is 0 Å². The van der Waals surface area contributed by atoms with Gasteiger partial charge in [-0.05, 0) is 12.1 Å². The molecular formula is C10H13N3O5. The largest absolute Gasteiger partial charge is 0.490 e. The van der Waals surface area contributed by atoms with Crippen LogP contribution < -0.4 is 10.1 Å². The highest BCUT2D eigenvalue weighted by molar-refractivity contribution is 5.89. The molecule has 0 unspecified atom stereocenters. The maximum absolute atomic E-state index is 11.5. The number of anilines is 1. The summed E-state index contributed by atoms with van der Waals surface area (Å²) in [7, 11) is 4.07. The van der Waals surface area contributed by atoms with Gasteiger partial charge in [-0.2, -0.15) is 0 Å². The molecule has 0 aliphatic carbocycles. The predicted octanol–water partition coefficient (Wildman–Crippen LogP) is 1.63. The van der Waals surface area contributed by atoms with Crippen molar-refractivity contribution >= 4 is 17.4 Å². The topological polar surface area (TPSA) is 93.9 Å². The maximum atomic E-state index is 11.5. The van der Waals surface area contributed by atoms with Crippen LogP contribution in [-0.4, -0.2) is 37.3 Å². The number of ether oxygens (including phenoxy) is 1. The van der Waals surface area contributed by atoms with E-state index in [1.54, 1.807) is 0 Å². The quantitative estimate of drug-likeness (QED) is 0.651. The molecule has 18 heavy (non-hydrogen) atoms. The second-order valence-electron chi connectivity index (χ2n) is 3.25. The Morgan fingerprint density at radius 1 is 1.44 bits per heavy atom. The number of nitro groups is 1. The van der Waals surface area contributed by atoms with Crippen LogP contribution in [0.3, 0.4) is 0 Å². The number of carbonyl (C=O) groups is 1. The zero-order valence-electron chi connectivity index (χ0n) is 10.2. The number of urea groups is 1. The van der Waals surface area contributed by atoms with Gasteiger partial charge in [0.1, 0.15) is 0 Å². The lowest BCUT2D eigenvalue weighted by atomic mass is 10.2. The summed E-state index contributed by atoms with van der Waals surface area (Å²) < 4.78 is 4.85. The molecule has 0 saturated carbocycles. The molecule has 0 saturated heterocycles. The van der Waals surface area contributed by atoms with Crippen LogP contribution >= 0.6 is 0 Å². The minimum absolute atomic E-state index is 0.123. The highest BCUT2D eigenvalue weighted by atomic mass is 16.7. The number of hydrogen-bond acceptors (Lipinski definition) is 5. The summed E-state index contributed by atoms with van der Waals surface area (Å²) in [5, 5.41) is 14.2. The molecule has 0 radical (unpaired) electrons. The lowest BCUT2D eigenvalue weighted by molar-refractivity contribution is -0.385. The molecule has 98 valence electrons. The van der Waals surface area contributed by atoms with E-state index in [4.69, 9.17) is 4.74 Å². The number of nitrogens with zero attached hydrogens (tertiary/aromatic N) is 2. The van der Waals surface area contributed by atoms with E-state index in [2.05, 4.69) is 10.2 Å². The molecule has 0 bridgehead atoms. The third-order valence-electron chi connectivity index (χ3n) is 2.19. The van der Waals surface area contributed by atoms with E-state index in [-0.39, 0.29) is 17.1 Å². The normalized spacial score (nSPS) is 9.72. The van der Waals surface area contributed by atoms with E-state index in [0.717, 1.165) is 5.06 Å². The van der Waals surface area contributed by atoms with E-state index >= 15 is 0 Å². The van der Waals surface area contributed by atoms with Crippen LogP contribution in [0.25, 0.3) is 0 Å². The summed E-state index contributed by atoms with van der Waals surface area (Å²) in [4.78, 5) is 26.3. The van der Waals surface area contributed by atoms with Crippen LogP contribution in [0, 0.1) is 10.1 Å². The zero-order valence-corrected chi connectivity index (χ0v) is 10.2. The van der Waals surface area contributed by atoms with Crippen molar-refractivity contribution in [1.29, 1.82) is 0 Å². The molecule has 8 heteroatoms. The van der Waals surface area contributed by atoms with E-state index in [1.807, 2.05) is 0 Å². The van der Waals surface area contributed by atoms with E-state index in [1.165, 1.54) is 39.5 Å². The van der Waals surface area contributed by atoms with Gasteiger partial charge < -0.3 is 10.1 Å². The number of amides is 2. The zero-order chi connectivity index (χ0) is 13.7. The van der Waals surface area contributed by atoms with Crippen molar-refractivity contribution in [2.45, 2.75) is 0 Å². The third-order valence-corrected chi connectivity index (χ3v) is 2.19. The standard InChI is InChI=1S/C10H13N3O5/c1-12(18-3)10(14)11-7-4-5-9(17-2)8(6-7)13(15)16/h4-6H,1-3H3,(H,11,14). The van der Waals surface area contributed by atoms with E-state index in [9.17, 15) is 14.9 Å². The first-order valence-electron chi connectivity index (χ1n) is 4.90. The summed E-state index contributed by atoms with van der Waals surface area (Å²) in [6.45, 7) is 0. The van der Waals surface area contributed by atoms with Gasteiger partial charge in [-0.15, -0.1) is 0 Å². The fraction of sp³-hybridized carbons (Fsp3) is 0.300. The smallest absolute Gasteiger partial charge is 0.345 e. The summed E-state index contributed by atoms with van der Waals surface area (Å²) in [5.74, 6) is 0.123. The molecule has 0 aliphatic rings. The molecule has 0 atom stereocenters. The Morgan fingerprint density at radius 3 is 2.61 bits per heavy atom. The molecule has 2 amide bonds. The molecular weight excluding hydrogens is 242 g/mol. The van der Waals surface area contributed by atoms with Crippen LogP contribution in [0.1, 0.15) is 0 Å². The van der Waals surface area contributed by atoms with Crippen molar-refractivity contribution in [2.75, 3.05) is 26.6 Å². The second kappa shape index (κ2) is 5.82. The maximum Gasteiger partial charge on any atom is 0.345 e. The van der Waals surface area contributed by atoms with Crippen molar-refractivity contribution in [1.82, 2.24) is 5.06 Å². The first-order chi connectivity index (χ1) is 8.49. The van der Waals surface area contributed by atoms with E-state index < -0.39 is 11.0 Å². The number of methoxy groups -OCH3 is 1. The number of hydroxylamine groups is 2. The molecule has 0 aromatic heterocycles. The van der Waals surface area contributed by atoms with Crippen LogP contribution in [0.2, 0.25) is 0 Å². The average molecular weight is 255 g/mol. The number of benzene rings is 1. The third kappa shape index (κ3) is 3.08. The fourth-order valence-corrected chi connectivity index (χ4v) is 1.20. The molecule has 0 spiro atoms. The van der Waals surface area contributed by atoms with Gasteiger partial charge in [0.15, 0.2) is 5.75 Å². The number of rotatable bonds is 4. The predicted molar refractivity (Wildman–Crippen MR) is 63.4 cm³/mol. The monoisotopic (exact) mass is 255 g/mol.